The molecule has 1 heterocycles. The molecule has 1 aromatic rings. The smallest absolute Gasteiger partial charge is 0.222 e. The third kappa shape index (κ3) is 4.95. The van der Waals surface area contributed by atoms with Crippen LogP contribution in [0.1, 0.15) is 32.0 Å². The van der Waals surface area contributed by atoms with Gasteiger partial charge in [0.05, 0.1) is 6.54 Å². The van der Waals surface area contributed by atoms with Crippen molar-refractivity contribution in [2.75, 3.05) is 13.6 Å². The molecular formula is C11H21N5O. The van der Waals surface area contributed by atoms with Gasteiger partial charge < -0.3 is 10.6 Å². The van der Waals surface area contributed by atoms with E-state index < -0.39 is 0 Å². The molecule has 0 saturated heterocycles. The predicted octanol–water partition coefficient (Wildman–Crippen LogP) is 0.528. The van der Waals surface area contributed by atoms with E-state index in [4.69, 9.17) is 5.73 Å². The molecule has 0 spiro atoms. The Morgan fingerprint density at radius 3 is 2.94 bits per heavy atom. The van der Waals surface area contributed by atoms with Gasteiger partial charge in [-0.2, -0.15) is 5.10 Å². The fraction of sp³-hybridized carbons (Fsp3) is 0.727. The number of nitrogens with one attached hydrogen (secondary N) is 1. The Kier molecular flexibility index (Phi) is 5.62. The maximum Gasteiger partial charge on any atom is 0.222 e. The van der Waals surface area contributed by atoms with Crippen LogP contribution < -0.4 is 5.73 Å². The van der Waals surface area contributed by atoms with E-state index in [2.05, 4.69) is 22.1 Å². The molecule has 0 fully saturated rings. The third-order valence-electron chi connectivity index (χ3n) is 2.79. The molecule has 0 radical (unpaired) electrons. The molecular weight excluding hydrogens is 218 g/mol. The van der Waals surface area contributed by atoms with Crippen molar-refractivity contribution in [3.8, 4) is 0 Å². The number of nitrogens with two attached hydrogens (primary N) is 1. The molecule has 1 atom stereocenters. The highest BCUT2D eigenvalue weighted by molar-refractivity contribution is 5.75. The quantitative estimate of drug-likeness (QED) is 0.726. The van der Waals surface area contributed by atoms with E-state index in [-0.39, 0.29) is 5.91 Å². The maximum atomic E-state index is 11.8. The standard InChI is InChI=1S/C11H21N5O/c1-9(5-6-12)3-4-11(17)16(2)7-10-13-8-14-15-10/h8-9H,3-7,12H2,1-2H3,(H,13,14,15). The molecule has 1 unspecified atom stereocenters. The molecule has 0 aromatic carbocycles. The average Bonchev–Trinajstić information content (AvgIpc) is 2.79. The van der Waals surface area contributed by atoms with E-state index in [0.29, 0.717) is 31.3 Å². The Bertz CT molecular complexity index is 325. The molecule has 3 N–H and O–H groups in total. The molecule has 96 valence electrons. The normalized spacial score (nSPS) is 12.4. The van der Waals surface area contributed by atoms with Crippen LogP contribution >= 0.6 is 0 Å². The van der Waals surface area contributed by atoms with Crippen LogP contribution in [0.15, 0.2) is 6.33 Å². The van der Waals surface area contributed by atoms with Gasteiger partial charge in [-0.3, -0.25) is 9.89 Å². The highest BCUT2D eigenvalue weighted by atomic mass is 16.2. The van der Waals surface area contributed by atoms with Gasteiger partial charge in [0.2, 0.25) is 5.91 Å². The van der Waals surface area contributed by atoms with Crippen LogP contribution in [0.5, 0.6) is 0 Å². The predicted molar refractivity (Wildman–Crippen MR) is 64.9 cm³/mol. The van der Waals surface area contributed by atoms with Crippen molar-refractivity contribution >= 4 is 5.91 Å². The first-order valence-electron chi connectivity index (χ1n) is 5.91. The lowest BCUT2D eigenvalue weighted by atomic mass is 10.0. The first-order valence-corrected chi connectivity index (χ1v) is 5.91. The van der Waals surface area contributed by atoms with Crippen molar-refractivity contribution in [2.24, 2.45) is 11.7 Å². The number of nitrogens with zero attached hydrogens (tertiary/aromatic N) is 3. The first-order chi connectivity index (χ1) is 8.13. The summed E-state index contributed by atoms with van der Waals surface area (Å²) in [5.41, 5.74) is 5.47. The van der Waals surface area contributed by atoms with Crippen LogP contribution in [0.3, 0.4) is 0 Å². The molecule has 17 heavy (non-hydrogen) atoms. The average molecular weight is 239 g/mol. The number of carbonyl (C=O) groups excluding carboxylic acids is 1. The summed E-state index contributed by atoms with van der Waals surface area (Å²) < 4.78 is 0. The molecule has 0 aliphatic carbocycles. The lowest BCUT2D eigenvalue weighted by Gasteiger charge is -2.17. The van der Waals surface area contributed by atoms with Crippen LogP contribution in [-0.2, 0) is 11.3 Å². The Hall–Kier alpha value is -1.43. The summed E-state index contributed by atoms with van der Waals surface area (Å²) in [6.07, 6.45) is 3.86. The Balaban J connectivity index is 2.27. The van der Waals surface area contributed by atoms with E-state index in [1.165, 1.54) is 6.33 Å². The van der Waals surface area contributed by atoms with E-state index in [1.54, 1.807) is 11.9 Å². The second-order valence-electron chi connectivity index (χ2n) is 4.40. The first kappa shape index (κ1) is 13.6. The lowest BCUT2D eigenvalue weighted by molar-refractivity contribution is -0.130. The zero-order valence-electron chi connectivity index (χ0n) is 10.5. The molecule has 0 aliphatic rings. The molecule has 1 amide bonds. The monoisotopic (exact) mass is 239 g/mol. The molecule has 0 bridgehead atoms. The zero-order valence-corrected chi connectivity index (χ0v) is 10.5. The van der Waals surface area contributed by atoms with E-state index >= 15 is 0 Å². The van der Waals surface area contributed by atoms with Gasteiger partial charge in [-0.25, -0.2) is 4.98 Å². The van der Waals surface area contributed by atoms with Gasteiger partial charge in [0.1, 0.15) is 12.2 Å². The van der Waals surface area contributed by atoms with E-state index in [9.17, 15) is 4.79 Å². The minimum absolute atomic E-state index is 0.130. The minimum atomic E-state index is 0.130. The summed E-state index contributed by atoms with van der Waals surface area (Å²) >= 11 is 0. The molecule has 0 aliphatic heterocycles. The number of aromatic amines is 1. The fourth-order valence-corrected chi connectivity index (χ4v) is 1.61. The summed E-state index contributed by atoms with van der Waals surface area (Å²) in [4.78, 5) is 17.5. The largest absolute Gasteiger partial charge is 0.338 e. The number of hydrogen-bond acceptors (Lipinski definition) is 4. The highest BCUT2D eigenvalue weighted by Crippen LogP contribution is 2.10. The van der Waals surface area contributed by atoms with Gasteiger partial charge in [0, 0.05) is 13.5 Å². The molecule has 1 rings (SSSR count). The number of hydrogen-bond donors (Lipinski definition) is 2. The van der Waals surface area contributed by atoms with Crippen molar-refractivity contribution in [3.63, 3.8) is 0 Å². The van der Waals surface area contributed by atoms with Crippen LogP contribution in [0.4, 0.5) is 0 Å². The number of amides is 1. The van der Waals surface area contributed by atoms with Crippen molar-refractivity contribution in [2.45, 2.75) is 32.7 Å². The number of H-pyrrole nitrogens is 1. The van der Waals surface area contributed by atoms with E-state index in [0.717, 1.165) is 12.8 Å². The summed E-state index contributed by atoms with van der Waals surface area (Å²) in [6.45, 7) is 3.28. The van der Waals surface area contributed by atoms with Gasteiger partial charge in [-0.15, -0.1) is 0 Å². The Labute approximate surface area is 102 Å². The lowest BCUT2D eigenvalue weighted by Crippen LogP contribution is -2.27. The van der Waals surface area contributed by atoms with Gasteiger partial charge in [-0.1, -0.05) is 6.92 Å². The number of rotatable bonds is 7. The number of carbonyl (C=O) groups is 1. The summed E-state index contributed by atoms with van der Waals surface area (Å²) in [5, 5.41) is 6.48. The molecule has 6 heteroatoms. The fourth-order valence-electron chi connectivity index (χ4n) is 1.61. The Morgan fingerprint density at radius 2 is 2.35 bits per heavy atom. The summed E-state index contributed by atoms with van der Waals surface area (Å²) in [6, 6.07) is 0. The van der Waals surface area contributed by atoms with Crippen LogP contribution in [0, 0.1) is 5.92 Å². The highest BCUT2D eigenvalue weighted by Gasteiger charge is 2.12. The SMILES string of the molecule is CC(CCN)CCC(=O)N(C)Cc1ncn[nH]1. The number of aromatic nitrogens is 3. The van der Waals surface area contributed by atoms with Gasteiger partial charge in [0.25, 0.3) is 0 Å². The zero-order chi connectivity index (χ0) is 12.7. The molecule has 6 nitrogen and oxygen atoms in total. The van der Waals surface area contributed by atoms with Crippen molar-refractivity contribution in [1.82, 2.24) is 20.1 Å². The summed E-state index contributed by atoms with van der Waals surface area (Å²) in [5.74, 6) is 1.34. The minimum Gasteiger partial charge on any atom is -0.338 e. The van der Waals surface area contributed by atoms with Crippen molar-refractivity contribution < 1.29 is 4.79 Å². The van der Waals surface area contributed by atoms with Crippen molar-refractivity contribution in [3.05, 3.63) is 12.2 Å². The van der Waals surface area contributed by atoms with Crippen LogP contribution in [0.2, 0.25) is 0 Å². The van der Waals surface area contributed by atoms with Crippen LogP contribution in [-0.4, -0.2) is 39.6 Å². The van der Waals surface area contributed by atoms with Gasteiger partial charge >= 0.3 is 0 Å². The summed E-state index contributed by atoms with van der Waals surface area (Å²) in [7, 11) is 1.78. The maximum absolute atomic E-state index is 11.8. The van der Waals surface area contributed by atoms with E-state index in [1.807, 2.05) is 0 Å². The molecule has 1 aromatic heterocycles. The second kappa shape index (κ2) is 7.01. The topological polar surface area (TPSA) is 87.9 Å². The van der Waals surface area contributed by atoms with Gasteiger partial charge in [-0.05, 0) is 25.3 Å². The van der Waals surface area contributed by atoms with Gasteiger partial charge in [0.15, 0.2) is 0 Å². The second-order valence-corrected chi connectivity index (χ2v) is 4.40. The van der Waals surface area contributed by atoms with Crippen LogP contribution in [0.25, 0.3) is 0 Å². The van der Waals surface area contributed by atoms with Crippen molar-refractivity contribution in [1.29, 1.82) is 0 Å². The Morgan fingerprint density at radius 1 is 1.59 bits per heavy atom. The third-order valence-corrected chi connectivity index (χ3v) is 2.79. The molecule has 0 saturated carbocycles.